The summed E-state index contributed by atoms with van der Waals surface area (Å²) in [6, 6.07) is 11.2. The number of rotatable bonds is 8. The van der Waals surface area contributed by atoms with Crippen LogP contribution in [0.15, 0.2) is 72.9 Å². The van der Waals surface area contributed by atoms with Crippen LogP contribution in [0, 0.1) is 0 Å². The van der Waals surface area contributed by atoms with Crippen molar-refractivity contribution in [2.45, 2.75) is 12.8 Å². The number of nitrogens with zero attached hydrogens (tertiary/aromatic N) is 3. The van der Waals surface area contributed by atoms with Crippen molar-refractivity contribution < 1.29 is 4.74 Å². The van der Waals surface area contributed by atoms with Gasteiger partial charge in [-0.2, -0.15) is 0 Å². The minimum atomic E-state index is -0.239. The summed E-state index contributed by atoms with van der Waals surface area (Å²) in [5.41, 5.74) is 3.87. The van der Waals surface area contributed by atoms with E-state index in [1.54, 1.807) is 42.9 Å². The summed E-state index contributed by atoms with van der Waals surface area (Å²) in [5, 5.41) is 0.474. The van der Waals surface area contributed by atoms with Gasteiger partial charge in [0, 0.05) is 18.6 Å². The Morgan fingerprint density at radius 1 is 1.03 bits per heavy atom. The molecular weight excluding hydrogens is 388 g/mol. The van der Waals surface area contributed by atoms with Gasteiger partial charge in [0.25, 0.3) is 5.56 Å². The minimum absolute atomic E-state index is 0.239. The average Bonchev–Trinajstić information content (AvgIpc) is 2.82. The topological polar surface area (TPSA) is 80.8 Å². The number of hydrogen-bond acceptors (Lipinski definition) is 5. The van der Waals surface area contributed by atoms with Gasteiger partial charge in [0.2, 0.25) is 0 Å². The molecule has 0 aliphatic rings. The highest BCUT2D eigenvalue weighted by Gasteiger charge is 2.10. The van der Waals surface area contributed by atoms with E-state index in [2.05, 4.69) is 33.1 Å². The van der Waals surface area contributed by atoms with Gasteiger partial charge in [-0.3, -0.25) is 14.8 Å². The van der Waals surface area contributed by atoms with Gasteiger partial charge in [0.15, 0.2) is 5.82 Å². The average molecular weight is 410 g/mol. The van der Waals surface area contributed by atoms with Gasteiger partial charge in [0.1, 0.15) is 11.4 Å². The van der Waals surface area contributed by atoms with Crippen molar-refractivity contribution in [1.29, 1.82) is 0 Å². The first kappa shape index (κ1) is 20.2. The molecule has 0 bridgehead atoms. The molecule has 0 unspecified atom stereocenters. The summed E-state index contributed by atoms with van der Waals surface area (Å²) in [4.78, 5) is 28.5. The molecule has 154 valence electrons. The van der Waals surface area contributed by atoms with E-state index in [0.717, 1.165) is 24.0 Å². The van der Waals surface area contributed by atoms with E-state index in [9.17, 15) is 4.79 Å². The molecule has 6 nitrogen and oxygen atoms in total. The Morgan fingerprint density at radius 3 is 2.61 bits per heavy atom. The van der Waals surface area contributed by atoms with E-state index >= 15 is 0 Å². The fraction of sp³-hybridized carbons (Fsp3) is 0.120. The zero-order valence-corrected chi connectivity index (χ0v) is 17.0. The first-order chi connectivity index (χ1) is 15.2. The largest absolute Gasteiger partial charge is 0.494 e. The molecule has 6 heteroatoms. The second-order valence-electron chi connectivity index (χ2n) is 7.01. The Hall–Kier alpha value is -4.06. The lowest BCUT2D eigenvalue weighted by Crippen LogP contribution is -2.10. The Balaban J connectivity index is 1.52. The van der Waals surface area contributed by atoms with Crippen molar-refractivity contribution in [3.8, 4) is 17.3 Å². The number of pyridine rings is 2. The summed E-state index contributed by atoms with van der Waals surface area (Å²) in [7, 11) is 0. The number of hydrogen-bond donors (Lipinski definition) is 1. The number of ether oxygens (including phenoxy) is 1. The Bertz CT molecular complexity index is 1300. The number of H-pyrrole nitrogens is 1. The molecule has 1 N–H and O–H groups in total. The Morgan fingerprint density at radius 2 is 1.84 bits per heavy atom. The molecule has 0 saturated carbocycles. The van der Waals surface area contributed by atoms with E-state index in [0.29, 0.717) is 34.8 Å². The van der Waals surface area contributed by atoms with Crippen LogP contribution in [0.2, 0.25) is 0 Å². The molecule has 0 atom stereocenters. The molecule has 3 heterocycles. The maximum atomic E-state index is 12.7. The predicted molar refractivity (Wildman–Crippen MR) is 124 cm³/mol. The van der Waals surface area contributed by atoms with Crippen LogP contribution in [0.1, 0.15) is 23.1 Å². The molecule has 4 rings (SSSR count). The number of nitrogens with one attached hydrogen (secondary N) is 1. The molecule has 0 radical (unpaired) electrons. The van der Waals surface area contributed by atoms with Crippen LogP contribution in [-0.2, 0) is 6.42 Å². The second kappa shape index (κ2) is 9.17. The standard InChI is InChI=1S/C25H22N4O2/c1-3-18-14-23(27-16-19(18)4-2)24-28-22-8-7-20(15-21(22)25(30)29-24)31-13-5-6-17-9-11-26-12-10-17/h3-4,7-12,14-16H,1-2,5-6,13H2,(H,28,29,30). The maximum absolute atomic E-state index is 12.7. The van der Waals surface area contributed by atoms with E-state index in [1.165, 1.54) is 5.56 Å². The third-order valence-corrected chi connectivity index (χ3v) is 4.96. The van der Waals surface area contributed by atoms with Crippen molar-refractivity contribution in [3.05, 3.63) is 95.2 Å². The Labute approximate surface area is 180 Å². The highest BCUT2D eigenvalue weighted by atomic mass is 16.5. The van der Waals surface area contributed by atoms with E-state index in [1.807, 2.05) is 24.3 Å². The van der Waals surface area contributed by atoms with Crippen LogP contribution in [0.25, 0.3) is 34.6 Å². The number of aromatic amines is 1. The molecule has 0 aliphatic heterocycles. The van der Waals surface area contributed by atoms with Crippen molar-refractivity contribution in [2.24, 2.45) is 0 Å². The number of aryl methyl sites for hydroxylation is 1. The number of aromatic nitrogens is 4. The van der Waals surface area contributed by atoms with Crippen LogP contribution in [0.3, 0.4) is 0 Å². The molecule has 0 aliphatic carbocycles. The molecular formula is C25H22N4O2. The second-order valence-corrected chi connectivity index (χ2v) is 7.01. The third kappa shape index (κ3) is 4.59. The normalized spacial score (nSPS) is 10.7. The summed E-state index contributed by atoms with van der Waals surface area (Å²) in [6.45, 7) is 8.14. The SMILES string of the molecule is C=Cc1cnc(-c2nc3ccc(OCCCc4ccncc4)cc3c(=O)[nH]2)cc1C=C. The van der Waals surface area contributed by atoms with E-state index in [-0.39, 0.29) is 5.56 Å². The summed E-state index contributed by atoms with van der Waals surface area (Å²) < 4.78 is 5.83. The van der Waals surface area contributed by atoms with Crippen LogP contribution < -0.4 is 10.3 Å². The molecule has 0 fully saturated rings. The molecule has 31 heavy (non-hydrogen) atoms. The quantitative estimate of drug-likeness (QED) is 0.427. The van der Waals surface area contributed by atoms with Gasteiger partial charge in [-0.15, -0.1) is 0 Å². The van der Waals surface area contributed by atoms with Crippen LogP contribution >= 0.6 is 0 Å². The smallest absolute Gasteiger partial charge is 0.259 e. The third-order valence-electron chi connectivity index (χ3n) is 4.96. The van der Waals surface area contributed by atoms with Crippen molar-refractivity contribution in [3.63, 3.8) is 0 Å². The summed E-state index contributed by atoms with van der Waals surface area (Å²) in [5.74, 6) is 1.05. The first-order valence-electron chi connectivity index (χ1n) is 9.99. The van der Waals surface area contributed by atoms with Crippen LogP contribution in [0.5, 0.6) is 5.75 Å². The van der Waals surface area contributed by atoms with Gasteiger partial charge in [-0.1, -0.05) is 25.3 Å². The lowest BCUT2D eigenvalue weighted by Gasteiger charge is -2.08. The van der Waals surface area contributed by atoms with Gasteiger partial charge in [-0.05, 0) is 65.9 Å². The van der Waals surface area contributed by atoms with Crippen LogP contribution in [0.4, 0.5) is 0 Å². The first-order valence-corrected chi connectivity index (χ1v) is 9.99. The molecule has 1 aromatic carbocycles. The Kier molecular flexibility index (Phi) is 5.98. The van der Waals surface area contributed by atoms with Gasteiger partial charge >= 0.3 is 0 Å². The summed E-state index contributed by atoms with van der Waals surface area (Å²) in [6.07, 6.45) is 10.5. The number of fused-ring (bicyclic) bond motifs is 1. The summed E-state index contributed by atoms with van der Waals surface area (Å²) >= 11 is 0. The zero-order chi connectivity index (χ0) is 21.6. The van der Waals surface area contributed by atoms with Crippen molar-refractivity contribution in [1.82, 2.24) is 19.9 Å². The highest BCUT2D eigenvalue weighted by molar-refractivity contribution is 5.81. The fourth-order valence-electron chi connectivity index (χ4n) is 3.30. The molecule has 0 spiro atoms. The minimum Gasteiger partial charge on any atom is -0.494 e. The molecule has 4 aromatic rings. The maximum Gasteiger partial charge on any atom is 0.259 e. The molecule has 0 saturated heterocycles. The van der Waals surface area contributed by atoms with E-state index in [4.69, 9.17) is 4.74 Å². The van der Waals surface area contributed by atoms with Crippen LogP contribution in [-0.4, -0.2) is 26.5 Å². The van der Waals surface area contributed by atoms with Gasteiger partial charge in [0.05, 0.1) is 17.5 Å². The zero-order valence-electron chi connectivity index (χ0n) is 17.0. The van der Waals surface area contributed by atoms with E-state index < -0.39 is 0 Å². The van der Waals surface area contributed by atoms with Gasteiger partial charge < -0.3 is 9.72 Å². The molecule has 3 aromatic heterocycles. The monoisotopic (exact) mass is 410 g/mol. The number of benzene rings is 1. The highest BCUT2D eigenvalue weighted by Crippen LogP contribution is 2.21. The lowest BCUT2D eigenvalue weighted by atomic mass is 10.1. The lowest BCUT2D eigenvalue weighted by molar-refractivity contribution is 0.311. The van der Waals surface area contributed by atoms with Crippen molar-refractivity contribution >= 4 is 23.1 Å². The molecule has 0 amide bonds. The van der Waals surface area contributed by atoms with Gasteiger partial charge in [-0.25, -0.2) is 4.98 Å². The predicted octanol–water partition coefficient (Wildman–Crippen LogP) is 4.68. The fourth-order valence-corrected chi connectivity index (χ4v) is 3.30. The van der Waals surface area contributed by atoms with Crippen molar-refractivity contribution in [2.75, 3.05) is 6.61 Å².